The average Bonchev–Trinajstić information content (AvgIpc) is 2.75. The SMILES string of the molecule is CCCNC(CCOCCC)c1occc1Br. The van der Waals surface area contributed by atoms with E-state index in [0.717, 1.165) is 49.3 Å². The summed E-state index contributed by atoms with van der Waals surface area (Å²) in [7, 11) is 0. The Kier molecular flexibility index (Phi) is 7.56. The summed E-state index contributed by atoms with van der Waals surface area (Å²) in [6.07, 6.45) is 4.83. The van der Waals surface area contributed by atoms with E-state index >= 15 is 0 Å². The van der Waals surface area contributed by atoms with Gasteiger partial charge in [0.25, 0.3) is 0 Å². The summed E-state index contributed by atoms with van der Waals surface area (Å²) in [5.41, 5.74) is 0. The minimum absolute atomic E-state index is 0.233. The van der Waals surface area contributed by atoms with Crippen molar-refractivity contribution in [3.63, 3.8) is 0 Å². The van der Waals surface area contributed by atoms with Gasteiger partial charge in [0.2, 0.25) is 0 Å². The molecule has 1 heterocycles. The normalized spacial score (nSPS) is 12.9. The van der Waals surface area contributed by atoms with Crippen LogP contribution in [0.2, 0.25) is 0 Å². The first-order valence-electron chi connectivity index (χ1n) is 6.33. The van der Waals surface area contributed by atoms with Gasteiger partial charge in [0, 0.05) is 13.2 Å². The van der Waals surface area contributed by atoms with Crippen molar-refractivity contribution in [2.24, 2.45) is 0 Å². The second-order valence-electron chi connectivity index (χ2n) is 4.04. The molecule has 1 atom stereocenters. The highest BCUT2D eigenvalue weighted by atomic mass is 79.9. The van der Waals surface area contributed by atoms with Crippen LogP contribution in [0.4, 0.5) is 0 Å². The van der Waals surface area contributed by atoms with Gasteiger partial charge in [-0.1, -0.05) is 13.8 Å². The van der Waals surface area contributed by atoms with Crippen LogP contribution in [0.15, 0.2) is 21.2 Å². The fourth-order valence-electron chi connectivity index (χ4n) is 1.65. The van der Waals surface area contributed by atoms with Crippen LogP contribution in [0.3, 0.4) is 0 Å². The van der Waals surface area contributed by atoms with Crippen LogP contribution in [0.25, 0.3) is 0 Å². The second kappa shape index (κ2) is 8.72. The van der Waals surface area contributed by atoms with Gasteiger partial charge in [-0.3, -0.25) is 0 Å². The third-order valence-electron chi connectivity index (χ3n) is 2.50. The van der Waals surface area contributed by atoms with Crippen LogP contribution >= 0.6 is 15.9 Å². The van der Waals surface area contributed by atoms with E-state index in [2.05, 4.69) is 35.1 Å². The topological polar surface area (TPSA) is 34.4 Å². The molecule has 17 heavy (non-hydrogen) atoms. The molecule has 0 aliphatic rings. The van der Waals surface area contributed by atoms with E-state index in [1.165, 1.54) is 0 Å². The van der Waals surface area contributed by atoms with Crippen LogP contribution in [0, 0.1) is 0 Å². The Bertz CT molecular complexity index is 301. The van der Waals surface area contributed by atoms with Gasteiger partial charge in [-0.05, 0) is 47.8 Å². The fraction of sp³-hybridized carbons (Fsp3) is 0.692. The molecule has 1 rings (SSSR count). The lowest BCUT2D eigenvalue weighted by Gasteiger charge is -2.16. The Labute approximate surface area is 112 Å². The maximum Gasteiger partial charge on any atom is 0.134 e. The molecule has 4 heteroatoms. The Morgan fingerprint density at radius 1 is 1.35 bits per heavy atom. The number of nitrogens with one attached hydrogen (secondary N) is 1. The van der Waals surface area contributed by atoms with E-state index in [1.807, 2.05) is 6.07 Å². The van der Waals surface area contributed by atoms with Gasteiger partial charge < -0.3 is 14.5 Å². The van der Waals surface area contributed by atoms with Crippen LogP contribution in [-0.2, 0) is 4.74 Å². The van der Waals surface area contributed by atoms with Gasteiger partial charge in [-0.2, -0.15) is 0 Å². The van der Waals surface area contributed by atoms with Gasteiger partial charge in [0.05, 0.1) is 16.8 Å². The summed E-state index contributed by atoms with van der Waals surface area (Å²) in [5.74, 6) is 0.971. The Balaban J connectivity index is 2.46. The molecular weight excluding hydrogens is 282 g/mol. The lowest BCUT2D eigenvalue weighted by Crippen LogP contribution is -2.23. The van der Waals surface area contributed by atoms with E-state index in [4.69, 9.17) is 9.15 Å². The van der Waals surface area contributed by atoms with Crippen molar-refractivity contribution in [2.75, 3.05) is 19.8 Å². The molecule has 0 amide bonds. The smallest absolute Gasteiger partial charge is 0.134 e. The third kappa shape index (κ3) is 5.23. The molecule has 3 nitrogen and oxygen atoms in total. The maximum atomic E-state index is 5.53. The van der Waals surface area contributed by atoms with E-state index in [0.29, 0.717) is 0 Å². The second-order valence-corrected chi connectivity index (χ2v) is 4.89. The summed E-state index contributed by atoms with van der Waals surface area (Å²) in [5, 5.41) is 3.49. The zero-order valence-electron chi connectivity index (χ0n) is 10.7. The van der Waals surface area contributed by atoms with Gasteiger partial charge >= 0.3 is 0 Å². The van der Waals surface area contributed by atoms with Gasteiger partial charge in [-0.25, -0.2) is 0 Å². The van der Waals surface area contributed by atoms with Crippen molar-refractivity contribution in [3.8, 4) is 0 Å². The molecule has 0 aromatic carbocycles. The molecule has 0 spiro atoms. The molecule has 0 bridgehead atoms. The van der Waals surface area contributed by atoms with Crippen molar-refractivity contribution in [2.45, 2.75) is 39.2 Å². The van der Waals surface area contributed by atoms with Crippen molar-refractivity contribution in [1.29, 1.82) is 0 Å². The van der Waals surface area contributed by atoms with Crippen LogP contribution in [0.1, 0.15) is 44.9 Å². The molecule has 0 aliphatic carbocycles. The summed E-state index contributed by atoms with van der Waals surface area (Å²) < 4.78 is 12.1. The molecule has 0 radical (unpaired) electrons. The predicted molar refractivity (Wildman–Crippen MR) is 73.2 cm³/mol. The largest absolute Gasteiger partial charge is 0.466 e. The highest BCUT2D eigenvalue weighted by Gasteiger charge is 2.16. The zero-order chi connectivity index (χ0) is 12.5. The van der Waals surface area contributed by atoms with Gasteiger partial charge in [0.1, 0.15) is 5.76 Å². The molecule has 1 unspecified atom stereocenters. The Morgan fingerprint density at radius 2 is 2.18 bits per heavy atom. The number of halogens is 1. The first kappa shape index (κ1) is 14.7. The van der Waals surface area contributed by atoms with Crippen molar-refractivity contribution >= 4 is 15.9 Å². The lowest BCUT2D eigenvalue weighted by molar-refractivity contribution is 0.122. The van der Waals surface area contributed by atoms with Crippen LogP contribution in [0.5, 0.6) is 0 Å². The molecule has 98 valence electrons. The molecular formula is C13H22BrNO2. The van der Waals surface area contributed by atoms with E-state index in [1.54, 1.807) is 6.26 Å². The average molecular weight is 304 g/mol. The molecule has 1 aromatic rings. The number of hydrogen-bond donors (Lipinski definition) is 1. The minimum Gasteiger partial charge on any atom is -0.466 e. The third-order valence-corrected chi connectivity index (χ3v) is 3.16. The molecule has 1 aromatic heterocycles. The molecule has 0 aliphatic heterocycles. The highest BCUT2D eigenvalue weighted by Crippen LogP contribution is 2.26. The van der Waals surface area contributed by atoms with E-state index < -0.39 is 0 Å². The number of ether oxygens (including phenoxy) is 1. The fourth-order valence-corrected chi connectivity index (χ4v) is 2.12. The summed E-state index contributed by atoms with van der Waals surface area (Å²) in [4.78, 5) is 0. The first-order valence-corrected chi connectivity index (χ1v) is 7.12. The minimum atomic E-state index is 0.233. The van der Waals surface area contributed by atoms with Crippen molar-refractivity contribution in [1.82, 2.24) is 5.32 Å². The number of furan rings is 1. The standard InChI is InChI=1S/C13H22BrNO2/c1-3-7-15-12(6-9-16-8-4-2)13-11(14)5-10-17-13/h5,10,12,15H,3-4,6-9H2,1-2H3. The van der Waals surface area contributed by atoms with Crippen LogP contribution in [-0.4, -0.2) is 19.8 Å². The number of rotatable bonds is 9. The predicted octanol–water partition coefficient (Wildman–Crippen LogP) is 3.90. The summed E-state index contributed by atoms with van der Waals surface area (Å²) >= 11 is 3.51. The molecule has 1 N–H and O–H groups in total. The van der Waals surface area contributed by atoms with E-state index in [-0.39, 0.29) is 6.04 Å². The van der Waals surface area contributed by atoms with Gasteiger partial charge in [0.15, 0.2) is 0 Å². The first-order chi connectivity index (χ1) is 8.29. The summed E-state index contributed by atoms with van der Waals surface area (Å²) in [6.45, 7) is 6.87. The Morgan fingerprint density at radius 3 is 2.76 bits per heavy atom. The maximum absolute atomic E-state index is 5.53. The lowest BCUT2D eigenvalue weighted by atomic mass is 10.1. The number of hydrogen-bond acceptors (Lipinski definition) is 3. The Hall–Kier alpha value is -0.320. The van der Waals surface area contributed by atoms with Crippen LogP contribution < -0.4 is 5.32 Å². The zero-order valence-corrected chi connectivity index (χ0v) is 12.3. The van der Waals surface area contributed by atoms with Crippen molar-refractivity contribution < 1.29 is 9.15 Å². The monoisotopic (exact) mass is 303 g/mol. The quantitative estimate of drug-likeness (QED) is 0.703. The highest BCUT2D eigenvalue weighted by molar-refractivity contribution is 9.10. The van der Waals surface area contributed by atoms with Gasteiger partial charge in [-0.15, -0.1) is 0 Å². The summed E-state index contributed by atoms with van der Waals surface area (Å²) in [6, 6.07) is 2.17. The molecule has 0 saturated heterocycles. The molecule has 0 fully saturated rings. The van der Waals surface area contributed by atoms with Crippen molar-refractivity contribution in [3.05, 3.63) is 22.6 Å². The molecule has 0 saturated carbocycles. The van der Waals surface area contributed by atoms with E-state index in [9.17, 15) is 0 Å².